The molecule has 164 valence electrons. The van der Waals surface area contributed by atoms with Crippen LogP contribution in [0.25, 0.3) is 17.2 Å². The summed E-state index contributed by atoms with van der Waals surface area (Å²) in [5.41, 5.74) is 6.91. The van der Waals surface area contributed by atoms with E-state index in [1.165, 1.54) is 19.8 Å². The van der Waals surface area contributed by atoms with Crippen LogP contribution in [0, 0.1) is 0 Å². The highest BCUT2D eigenvalue weighted by Crippen LogP contribution is 2.49. The van der Waals surface area contributed by atoms with Crippen LogP contribution < -0.4 is 5.32 Å². The Morgan fingerprint density at radius 2 is 1.62 bits per heavy atom. The van der Waals surface area contributed by atoms with E-state index >= 15 is 0 Å². The molecule has 0 radical (unpaired) electrons. The van der Waals surface area contributed by atoms with E-state index in [0.717, 1.165) is 34.2 Å². The molecule has 6 heteroatoms. The Bertz CT molecular complexity index is 1180. The van der Waals surface area contributed by atoms with Gasteiger partial charge >= 0.3 is 7.60 Å². The summed E-state index contributed by atoms with van der Waals surface area (Å²) in [7, 11) is -0.376. The Balaban J connectivity index is 1.48. The normalized spacial score (nSPS) is 13.2. The first-order chi connectivity index (χ1) is 15.5. The zero-order valence-corrected chi connectivity index (χ0v) is 19.1. The molecular formula is C26H26NO4P. The van der Waals surface area contributed by atoms with Gasteiger partial charge in [0.2, 0.25) is 0 Å². The molecule has 32 heavy (non-hydrogen) atoms. The third-order valence-corrected chi connectivity index (χ3v) is 7.55. The maximum absolute atomic E-state index is 12.9. The van der Waals surface area contributed by atoms with Gasteiger partial charge in [-0.3, -0.25) is 9.36 Å². The molecule has 3 aromatic rings. The fourth-order valence-electron chi connectivity index (χ4n) is 3.81. The Labute approximate surface area is 188 Å². The van der Waals surface area contributed by atoms with E-state index in [1.54, 1.807) is 12.1 Å². The molecule has 0 bridgehead atoms. The van der Waals surface area contributed by atoms with Crippen molar-refractivity contribution < 1.29 is 18.4 Å². The molecule has 0 atom stereocenters. The van der Waals surface area contributed by atoms with Gasteiger partial charge in [-0.15, -0.1) is 0 Å². The van der Waals surface area contributed by atoms with Crippen LogP contribution in [0.3, 0.4) is 0 Å². The van der Waals surface area contributed by atoms with E-state index in [0.29, 0.717) is 12.1 Å². The van der Waals surface area contributed by atoms with Gasteiger partial charge in [-0.25, -0.2) is 0 Å². The molecule has 1 aliphatic rings. The topological polar surface area (TPSA) is 64.6 Å². The summed E-state index contributed by atoms with van der Waals surface area (Å²) in [6.45, 7) is 0. The molecule has 1 aliphatic carbocycles. The molecule has 1 N–H and O–H groups in total. The summed E-state index contributed by atoms with van der Waals surface area (Å²) < 4.78 is 22.3. The summed E-state index contributed by atoms with van der Waals surface area (Å²) in [5, 5.41) is 2.97. The second kappa shape index (κ2) is 9.66. The summed E-state index contributed by atoms with van der Waals surface area (Å²) in [6, 6.07) is 23.9. The second-order valence-electron chi connectivity index (χ2n) is 7.73. The molecule has 0 spiro atoms. The predicted octanol–water partition coefficient (Wildman–Crippen LogP) is 6.31. The van der Waals surface area contributed by atoms with Crippen molar-refractivity contribution in [1.29, 1.82) is 0 Å². The average Bonchev–Trinajstić information content (AvgIpc) is 2.85. The molecule has 0 saturated carbocycles. The SMILES string of the molecule is COP(=O)(Cc1ccc(NC(=O)C2=Cc3cc(-c4ccccc4)ccc3CC2)cc1)OC. The predicted molar refractivity (Wildman–Crippen MR) is 129 cm³/mol. The number of amides is 1. The minimum Gasteiger partial charge on any atom is -0.322 e. The number of benzene rings is 3. The molecule has 1 amide bonds. The lowest BCUT2D eigenvalue weighted by molar-refractivity contribution is -0.112. The smallest absolute Gasteiger partial charge is 0.322 e. The molecule has 0 aromatic heterocycles. The van der Waals surface area contributed by atoms with E-state index in [2.05, 4.69) is 35.6 Å². The standard InChI is InChI=1S/C26H26NO4P/c1-30-32(29,31-2)18-19-8-14-25(15-9-19)27-26(28)23-13-11-21-10-12-22(16-24(21)17-23)20-6-4-3-5-7-20/h3-10,12,14-17H,11,13,18H2,1-2H3,(H,27,28). The number of nitrogens with one attached hydrogen (secondary N) is 1. The van der Waals surface area contributed by atoms with Gasteiger partial charge < -0.3 is 14.4 Å². The third-order valence-electron chi connectivity index (χ3n) is 5.68. The largest absolute Gasteiger partial charge is 0.334 e. The highest BCUT2D eigenvalue weighted by Gasteiger charge is 2.22. The van der Waals surface area contributed by atoms with Crippen LogP contribution in [-0.2, 0) is 31.0 Å². The maximum Gasteiger partial charge on any atom is 0.334 e. The quantitative estimate of drug-likeness (QED) is 0.431. The Morgan fingerprint density at radius 3 is 2.31 bits per heavy atom. The summed E-state index contributed by atoms with van der Waals surface area (Å²) in [4.78, 5) is 12.9. The van der Waals surface area contributed by atoms with Crippen LogP contribution in [-0.4, -0.2) is 20.1 Å². The Kier molecular flexibility index (Phi) is 6.71. The number of carbonyl (C=O) groups excluding carboxylic acids is 1. The lowest BCUT2D eigenvalue weighted by atomic mass is 9.89. The molecule has 4 rings (SSSR count). The van der Waals surface area contributed by atoms with Gasteiger partial charge in [0, 0.05) is 25.5 Å². The summed E-state index contributed by atoms with van der Waals surface area (Å²) >= 11 is 0. The first-order valence-corrected chi connectivity index (χ1v) is 12.2. The minimum atomic E-state index is -3.12. The van der Waals surface area contributed by atoms with Gasteiger partial charge in [0.05, 0.1) is 6.16 Å². The average molecular weight is 447 g/mol. The highest BCUT2D eigenvalue weighted by atomic mass is 31.2. The van der Waals surface area contributed by atoms with E-state index in [1.807, 2.05) is 36.4 Å². The molecule has 0 heterocycles. The first kappa shape index (κ1) is 22.2. The van der Waals surface area contributed by atoms with Crippen molar-refractivity contribution in [3.63, 3.8) is 0 Å². The van der Waals surface area contributed by atoms with Crippen LogP contribution in [0.15, 0.2) is 78.4 Å². The van der Waals surface area contributed by atoms with Gasteiger partial charge in [0.1, 0.15) is 0 Å². The molecule has 0 unspecified atom stereocenters. The van der Waals surface area contributed by atoms with E-state index < -0.39 is 7.60 Å². The molecular weight excluding hydrogens is 421 g/mol. The van der Waals surface area contributed by atoms with E-state index in [4.69, 9.17) is 9.05 Å². The van der Waals surface area contributed by atoms with Crippen molar-refractivity contribution in [1.82, 2.24) is 0 Å². The molecule has 0 aliphatic heterocycles. The zero-order chi connectivity index (χ0) is 22.6. The number of anilines is 1. The van der Waals surface area contributed by atoms with Crippen molar-refractivity contribution in [2.45, 2.75) is 19.0 Å². The van der Waals surface area contributed by atoms with Gasteiger partial charge in [-0.05, 0) is 64.9 Å². The Hall–Kier alpha value is -2.98. The third kappa shape index (κ3) is 5.08. The van der Waals surface area contributed by atoms with Gasteiger partial charge in [-0.2, -0.15) is 0 Å². The number of rotatable bonds is 7. The van der Waals surface area contributed by atoms with Gasteiger partial charge in [0.25, 0.3) is 5.91 Å². The number of carbonyl (C=O) groups is 1. The number of hydrogen-bond donors (Lipinski definition) is 1. The fraction of sp³-hybridized carbons (Fsp3) is 0.192. The second-order valence-corrected chi connectivity index (χ2v) is 10.0. The van der Waals surface area contributed by atoms with Crippen molar-refractivity contribution in [3.8, 4) is 11.1 Å². The molecule has 3 aromatic carbocycles. The minimum absolute atomic E-state index is 0.104. The summed E-state index contributed by atoms with van der Waals surface area (Å²) in [6.07, 6.45) is 3.71. The van der Waals surface area contributed by atoms with Gasteiger partial charge in [-0.1, -0.05) is 54.6 Å². The van der Waals surface area contributed by atoms with E-state index in [9.17, 15) is 9.36 Å². The van der Waals surface area contributed by atoms with E-state index in [-0.39, 0.29) is 12.1 Å². The van der Waals surface area contributed by atoms with Crippen molar-refractivity contribution in [2.75, 3.05) is 19.5 Å². The fourth-order valence-corrected chi connectivity index (χ4v) is 4.87. The molecule has 0 saturated heterocycles. The number of aryl methyl sites for hydroxylation is 1. The first-order valence-electron chi connectivity index (χ1n) is 10.5. The van der Waals surface area contributed by atoms with Crippen LogP contribution in [0.1, 0.15) is 23.1 Å². The maximum atomic E-state index is 12.9. The lowest BCUT2D eigenvalue weighted by Gasteiger charge is -2.18. The lowest BCUT2D eigenvalue weighted by Crippen LogP contribution is -2.17. The van der Waals surface area contributed by atoms with Gasteiger partial charge in [0.15, 0.2) is 0 Å². The molecule has 0 fully saturated rings. The highest BCUT2D eigenvalue weighted by molar-refractivity contribution is 7.52. The van der Waals surface area contributed by atoms with Crippen molar-refractivity contribution >= 4 is 25.3 Å². The molecule has 5 nitrogen and oxygen atoms in total. The van der Waals surface area contributed by atoms with Crippen LogP contribution in [0.5, 0.6) is 0 Å². The Morgan fingerprint density at radius 1 is 0.906 bits per heavy atom. The van der Waals surface area contributed by atoms with Crippen molar-refractivity contribution in [3.05, 3.63) is 95.1 Å². The number of hydrogen-bond acceptors (Lipinski definition) is 4. The monoisotopic (exact) mass is 447 g/mol. The van der Waals surface area contributed by atoms with Crippen LogP contribution in [0.4, 0.5) is 5.69 Å². The van der Waals surface area contributed by atoms with Crippen molar-refractivity contribution in [2.24, 2.45) is 0 Å². The number of fused-ring (bicyclic) bond motifs is 1. The zero-order valence-electron chi connectivity index (χ0n) is 18.2. The van der Waals surface area contributed by atoms with Crippen LogP contribution in [0.2, 0.25) is 0 Å². The summed E-state index contributed by atoms with van der Waals surface area (Å²) in [5.74, 6) is -0.104. The van der Waals surface area contributed by atoms with Crippen LogP contribution >= 0.6 is 7.60 Å².